The maximum Gasteiger partial charge on any atom is 0.236 e. The lowest BCUT2D eigenvalue weighted by Gasteiger charge is -2.34. The lowest BCUT2D eigenvalue weighted by atomic mass is 10.2. The topological polar surface area (TPSA) is 66.7 Å². The van der Waals surface area contributed by atoms with Crippen molar-refractivity contribution in [3.05, 3.63) is 95.0 Å². The fourth-order valence-electron chi connectivity index (χ4n) is 4.05. The van der Waals surface area contributed by atoms with Gasteiger partial charge in [-0.3, -0.25) is 4.90 Å². The summed E-state index contributed by atoms with van der Waals surface area (Å²) >= 11 is 3.37. The number of hydrogen-bond donors (Lipinski definition) is 0. The Labute approximate surface area is 207 Å². The van der Waals surface area contributed by atoms with E-state index in [1.165, 1.54) is 5.56 Å². The zero-order valence-corrected chi connectivity index (χ0v) is 20.9. The summed E-state index contributed by atoms with van der Waals surface area (Å²) in [6.45, 7) is 3.77. The van der Waals surface area contributed by atoms with Gasteiger partial charge >= 0.3 is 0 Å². The average Bonchev–Trinajstić information content (AvgIpc) is 3.33. The van der Waals surface area contributed by atoms with E-state index in [1.54, 1.807) is 24.3 Å². The second kappa shape index (κ2) is 9.74. The number of hydrogen-bond acceptors (Lipinski definition) is 6. The average molecular weight is 538 g/mol. The number of halogens is 1. The largest absolute Gasteiger partial charge is 0.419 e. The van der Waals surface area contributed by atoms with Crippen LogP contribution in [0.4, 0.5) is 5.88 Å². The number of anilines is 1. The maximum absolute atomic E-state index is 13.6. The Bertz CT molecular complexity index is 1350. The highest BCUT2D eigenvalue weighted by atomic mass is 79.9. The first-order chi connectivity index (χ1) is 16.5. The molecule has 6 nitrogen and oxygen atoms in total. The molecule has 174 valence electrons. The van der Waals surface area contributed by atoms with Gasteiger partial charge in [-0.1, -0.05) is 64.5 Å². The summed E-state index contributed by atoms with van der Waals surface area (Å²) in [5.41, 5.74) is 2.00. The fraction of sp³-hybridized carbons (Fsp3) is 0.192. The molecule has 0 bridgehead atoms. The number of rotatable bonds is 6. The first kappa shape index (κ1) is 22.8. The van der Waals surface area contributed by atoms with Gasteiger partial charge in [-0.25, -0.2) is 8.42 Å². The molecule has 0 atom stereocenters. The van der Waals surface area contributed by atoms with Crippen LogP contribution in [0, 0.1) is 0 Å². The predicted molar refractivity (Wildman–Crippen MR) is 135 cm³/mol. The Hall–Kier alpha value is -2.94. The van der Waals surface area contributed by atoms with Gasteiger partial charge in [-0.05, 0) is 42.0 Å². The molecule has 0 spiro atoms. The summed E-state index contributed by atoms with van der Waals surface area (Å²) in [4.78, 5) is 9.04. The minimum absolute atomic E-state index is 0.0369. The second-order valence-electron chi connectivity index (χ2n) is 8.20. The van der Waals surface area contributed by atoms with E-state index in [-0.39, 0.29) is 9.92 Å². The van der Waals surface area contributed by atoms with E-state index in [9.17, 15) is 8.42 Å². The summed E-state index contributed by atoms with van der Waals surface area (Å²) in [5, 5.41) is -0.0369. The van der Waals surface area contributed by atoms with Crippen LogP contribution in [0.5, 0.6) is 0 Å². The minimum atomic E-state index is -3.87. The predicted octanol–water partition coefficient (Wildman–Crippen LogP) is 5.26. The Morgan fingerprint density at radius 2 is 1.44 bits per heavy atom. The molecule has 1 aliphatic rings. The van der Waals surface area contributed by atoms with Gasteiger partial charge in [-0.2, -0.15) is 4.98 Å². The SMILES string of the molecule is O=S(=O)(c1ccc(Br)cc1)c1nc(-c2ccccc2)oc1N1CCN(Cc2ccccc2)CC1. The smallest absolute Gasteiger partial charge is 0.236 e. The molecule has 0 amide bonds. The molecule has 8 heteroatoms. The number of oxazole rings is 1. The lowest BCUT2D eigenvalue weighted by Crippen LogP contribution is -2.46. The molecule has 0 saturated carbocycles. The quantitative estimate of drug-likeness (QED) is 0.334. The number of piperazine rings is 1. The van der Waals surface area contributed by atoms with Gasteiger partial charge in [0.1, 0.15) is 0 Å². The molecule has 0 radical (unpaired) electrons. The first-order valence-corrected chi connectivity index (χ1v) is 13.4. The molecule has 1 fully saturated rings. The third-order valence-electron chi connectivity index (χ3n) is 5.89. The standard InChI is InChI=1S/C26H24BrN3O3S/c27-22-11-13-23(14-12-22)34(31,32)25-26(33-24(28-25)21-9-5-2-6-10-21)30-17-15-29(16-18-30)19-20-7-3-1-4-8-20/h1-14H,15-19H2. The van der Waals surface area contributed by atoms with Crippen LogP contribution < -0.4 is 4.90 Å². The molecular formula is C26H24BrN3O3S. The molecule has 4 aromatic rings. The monoisotopic (exact) mass is 537 g/mol. The van der Waals surface area contributed by atoms with Gasteiger partial charge in [0.2, 0.25) is 26.6 Å². The maximum atomic E-state index is 13.6. The van der Waals surface area contributed by atoms with Crippen molar-refractivity contribution >= 4 is 31.7 Å². The molecule has 1 aromatic heterocycles. The molecule has 0 N–H and O–H groups in total. The van der Waals surface area contributed by atoms with E-state index < -0.39 is 9.84 Å². The van der Waals surface area contributed by atoms with Crippen molar-refractivity contribution in [2.45, 2.75) is 16.5 Å². The van der Waals surface area contributed by atoms with E-state index in [0.29, 0.717) is 24.9 Å². The lowest BCUT2D eigenvalue weighted by molar-refractivity contribution is 0.245. The van der Waals surface area contributed by atoms with Gasteiger partial charge in [0.25, 0.3) is 0 Å². The molecular weight excluding hydrogens is 514 g/mol. The Morgan fingerprint density at radius 3 is 2.09 bits per heavy atom. The molecule has 0 unspecified atom stereocenters. The molecule has 2 heterocycles. The van der Waals surface area contributed by atoms with Crippen LogP contribution in [-0.2, 0) is 16.4 Å². The highest BCUT2D eigenvalue weighted by Crippen LogP contribution is 2.35. The van der Waals surface area contributed by atoms with Crippen molar-refractivity contribution in [3.8, 4) is 11.5 Å². The van der Waals surface area contributed by atoms with Crippen molar-refractivity contribution in [1.82, 2.24) is 9.88 Å². The summed E-state index contributed by atoms with van der Waals surface area (Å²) in [6.07, 6.45) is 0. The summed E-state index contributed by atoms with van der Waals surface area (Å²) < 4.78 is 34.1. The Morgan fingerprint density at radius 1 is 0.824 bits per heavy atom. The normalized spacial score (nSPS) is 14.9. The van der Waals surface area contributed by atoms with Gasteiger partial charge in [0, 0.05) is 42.8 Å². The minimum Gasteiger partial charge on any atom is -0.419 e. The van der Waals surface area contributed by atoms with Gasteiger partial charge in [0.15, 0.2) is 0 Å². The van der Waals surface area contributed by atoms with Crippen LogP contribution in [0.2, 0.25) is 0 Å². The molecule has 3 aromatic carbocycles. The van der Waals surface area contributed by atoms with Crippen LogP contribution in [0.3, 0.4) is 0 Å². The highest BCUT2D eigenvalue weighted by Gasteiger charge is 2.32. The van der Waals surface area contributed by atoms with Gasteiger partial charge in [-0.15, -0.1) is 0 Å². The van der Waals surface area contributed by atoms with Gasteiger partial charge < -0.3 is 9.32 Å². The Balaban J connectivity index is 1.45. The number of nitrogens with zero attached hydrogens (tertiary/aromatic N) is 3. The van der Waals surface area contributed by atoms with Crippen LogP contribution >= 0.6 is 15.9 Å². The van der Waals surface area contributed by atoms with Crippen LogP contribution in [0.25, 0.3) is 11.5 Å². The molecule has 1 aliphatic heterocycles. The Kier molecular flexibility index (Phi) is 6.54. The molecule has 1 saturated heterocycles. The van der Waals surface area contributed by atoms with Crippen molar-refractivity contribution < 1.29 is 12.8 Å². The molecule has 5 rings (SSSR count). The highest BCUT2D eigenvalue weighted by molar-refractivity contribution is 9.10. The second-order valence-corrected chi connectivity index (χ2v) is 11.0. The van der Waals surface area contributed by atoms with Crippen LogP contribution in [0.15, 0.2) is 104 Å². The van der Waals surface area contributed by atoms with E-state index in [1.807, 2.05) is 53.4 Å². The van der Waals surface area contributed by atoms with E-state index in [4.69, 9.17) is 4.42 Å². The van der Waals surface area contributed by atoms with E-state index in [2.05, 4.69) is 37.9 Å². The molecule has 34 heavy (non-hydrogen) atoms. The van der Waals surface area contributed by atoms with Crippen molar-refractivity contribution in [3.63, 3.8) is 0 Å². The number of sulfone groups is 1. The van der Waals surface area contributed by atoms with Crippen molar-refractivity contribution in [2.24, 2.45) is 0 Å². The summed E-state index contributed by atoms with van der Waals surface area (Å²) in [5.74, 6) is 0.610. The van der Waals surface area contributed by atoms with Crippen molar-refractivity contribution in [1.29, 1.82) is 0 Å². The molecule has 0 aliphatic carbocycles. The first-order valence-electron chi connectivity index (χ1n) is 11.1. The fourth-order valence-corrected chi connectivity index (χ4v) is 5.64. The van der Waals surface area contributed by atoms with Crippen LogP contribution in [-0.4, -0.2) is 44.5 Å². The number of benzene rings is 3. The third-order valence-corrected chi connectivity index (χ3v) is 8.08. The summed E-state index contributed by atoms with van der Waals surface area (Å²) in [7, 11) is -3.87. The van der Waals surface area contributed by atoms with E-state index >= 15 is 0 Å². The zero-order valence-electron chi connectivity index (χ0n) is 18.5. The van der Waals surface area contributed by atoms with E-state index in [0.717, 1.165) is 29.7 Å². The van der Waals surface area contributed by atoms with Crippen LogP contribution in [0.1, 0.15) is 5.56 Å². The van der Waals surface area contributed by atoms with Gasteiger partial charge in [0.05, 0.1) is 4.90 Å². The third kappa shape index (κ3) is 4.80. The summed E-state index contributed by atoms with van der Waals surface area (Å²) in [6, 6.07) is 26.3. The number of aromatic nitrogens is 1. The van der Waals surface area contributed by atoms with Crippen molar-refractivity contribution in [2.75, 3.05) is 31.1 Å². The zero-order chi connectivity index (χ0) is 23.5.